The molecule has 9 heteroatoms. The molecular formula is C24H19N3O5S. The number of carbonyl (C=O) groups excluding carboxylic acids is 1. The Morgan fingerprint density at radius 1 is 1.18 bits per heavy atom. The number of carbonyl (C=O) groups is 1. The third-order valence-electron chi connectivity index (χ3n) is 5.12. The highest BCUT2D eigenvalue weighted by Crippen LogP contribution is 2.26. The van der Waals surface area contributed by atoms with Crippen LogP contribution >= 0.6 is 11.3 Å². The second-order valence-electron chi connectivity index (χ2n) is 7.24. The van der Waals surface area contributed by atoms with Gasteiger partial charge < -0.3 is 4.74 Å². The fraction of sp³-hybridized carbons (Fsp3) is 0.125. The van der Waals surface area contributed by atoms with Gasteiger partial charge in [0.15, 0.2) is 4.80 Å². The fourth-order valence-electron chi connectivity index (χ4n) is 3.56. The standard InChI is InChI=1S/C24H19N3O5S/c1-15-21(23(29)32-2)19(12-11-16-7-4-3-5-8-16)26-22(28)20(33-24(26)25-15)14-17-9-6-10-18(13-17)27(30)31/h3-14,19H,1-2H3/b12-11+,20-14-. The van der Waals surface area contributed by atoms with Gasteiger partial charge in [0.05, 0.1) is 33.9 Å². The number of rotatable bonds is 5. The molecule has 0 aliphatic carbocycles. The lowest BCUT2D eigenvalue weighted by Crippen LogP contribution is -2.38. The van der Waals surface area contributed by atoms with Crippen molar-refractivity contribution < 1.29 is 14.5 Å². The lowest BCUT2D eigenvalue weighted by atomic mass is 10.0. The van der Waals surface area contributed by atoms with Crippen molar-refractivity contribution in [1.29, 1.82) is 0 Å². The summed E-state index contributed by atoms with van der Waals surface area (Å²) in [5.41, 5.74) is 1.77. The summed E-state index contributed by atoms with van der Waals surface area (Å²) in [5.74, 6) is -0.563. The van der Waals surface area contributed by atoms with Crippen LogP contribution < -0.4 is 14.9 Å². The van der Waals surface area contributed by atoms with Crippen LogP contribution in [-0.2, 0) is 9.53 Å². The Labute approximate surface area is 192 Å². The van der Waals surface area contributed by atoms with Gasteiger partial charge in [-0.15, -0.1) is 0 Å². The maximum absolute atomic E-state index is 13.4. The average molecular weight is 461 g/mol. The summed E-state index contributed by atoms with van der Waals surface area (Å²) in [6.45, 7) is 1.70. The molecule has 2 aromatic carbocycles. The number of methoxy groups -OCH3 is 1. The number of fused-ring (bicyclic) bond motifs is 1. The second-order valence-corrected chi connectivity index (χ2v) is 8.25. The first-order chi connectivity index (χ1) is 15.9. The summed E-state index contributed by atoms with van der Waals surface area (Å²) >= 11 is 1.16. The van der Waals surface area contributed by atoms with Crippen molar-refractivity contribution in [3.05, 3.63) is 113 Å². The van der Waals surface area contributed by atoms with E-state index in [0.29, 0.717) is 20.6 Å². The predicted molar refractivity (Wildman–Crippen MR) is 125 cm³/mol. The molecule has 0 fully saturated rings. The Morgan fingerprint density at radius 3 is 2.61 bits per heavy atom. The van der Waals surface area contributed by atoms with Gasteiger partial charge in [-0.05, 0) is 24.1 Å². The van der Waals surface area contributed by atoms with E-state index in [0.717, 1.165) is 16.9 Å². The molecule has 1 atom stereocenters. The minimum Gasteiger partial charge on any atom is -0.466 e. The summed E-state index contributed by atoms with van der Waals surface area (Å²) in [6.07, 6.45) is 5.20. The molecule has 2 heterocycles. The van der Waals surface area contributed by atoms with Crippen LogP contribution in [0.1, 0.15) is 24.1 Å². The molecule has 8 nitrogen and oxygen atoms in total. The number of thiazole rings is 1. The van der Waals surface area contributed by atoms with E-state index in [9.17, 15) is 19.7 Å². The first kappa shape index (κ1) is 22.1. The minimum absolute atomic E-state index is 0.0657. The first-order valence-corrected chi connectivity index (χ1v) is 10.8. The van der Waals surface area contributed by atoms with Crippen LogP contribution in [0.4, 0.5) is 5.69 Å². The van der Waals surface area contributed by atoms with Crippen LogP contribution in [0, 0.1) is 10.1 Å². The number of allylic oxidation sites excluding steroid dienone is 2. The molecule has 166 valence electrons. The van der Waals surface area contributed by atoms with E-state index in [-0.39, 0.29) is 16.8 Å². The van der Waals surface area contributed by atoms with E-state index in [1.165, 1.54) is 23.8 Å². The molecule has 0 amide bonds. The number of ether oxygens (including phenoxy) is 1. The minimum atomic E-state index is -0.707. The molecular weight excluding hydrogens is 442 g/mol. The zero-order valence-corrected chi connectivity index (χ0v) is 18.6. The van der Waals surface area contributed by atoms with Gasteiger partial charge >= 0.3 is 5.97 Å². The van der Waals surface area contributed by atoms with E-state index in [1.807, 2.05) is 36.4 Å². The maximum Gasteiger partial charge on any atom is 0.338 e. The molecule has 0 bridgehead atoms. The Balaban J connectivity index is 1.88. The molecule has 4 rings (SSSR count). The van der Waals surface area contributed by atoms with Gasteiger partial charge in [0, 0.05) is 12.1 Å². The molecule has 1 aliphatic heterocycles. The summed E-state index contributed by atoms with van der Waals surface area (Å²) in [4.78, 5) is 41.4. The number of esters is 1. The largest absolute Gasteiger partial charge is 0.466 e. The van der Waals surface area contributed by atoms with E-state index in [2.05, 4.69) is 4.99 Å². The zero-order valence-electron chi connectivity index (χ0n) is 17.8. The average Bonchev–Trinajstić information content (AvgIpc) is 3.12. The molecule has 1 aromatic heterocycles. The number of nitro groups is 1. The van der Waals surface area contributed by atoms with Gasteiger partial charge in [0.2, 0.25) is 0 Å². The Morgan fingerprint density at radius 2 is 1.91 bits per heavy atom. The lowest BCUT2D eigenvalue weighted by molar-refractivity contribution is -0.384. The number of benzene rings is 2. The lowest BCUT2D eigenvalue weighted by Gasteiger charge is -2.21. The van der Waals surface area contributed by atoms with Crippen molar-refractivity contribution in [2.24, 2.45) is 4.99 Å². The van der Waals surface area contributed by atoms with Crippen molar-refractivity contribution in [3.8, 4) is 0 Å². The van der Waals surface area contributed by atoms with Crippen molar-refractivity contribution in [2.45, 2.75) is 13.0 Å². The normalized spacial score (nSPS) is 15.9. The van der Waals surface area contributed by atoms with E-state index in [4.69, 9.17) is 4.74 Å². The van der Waals surface area contributed by atoms with Crippen LogP contribution in [0.3, 0.4) is 0 Å². The van der Waals surface area contributed by atoms with Crippen LogP contribution in [0.5, 0.6) is 0 Å². The predicted octanol–water partition coefficient (Wildman–Crippen LogP) is 2.98. The van der Waals surface area contributed by atoms with Crippen molar-refractivity contribution in [1.82, 2.24) is 4.57 Å². The highest BCUT2D eigenvalue weighted by atomic mass is 32.1. The van der Waals surface area contributed by atoms with Crippen molar-refractivity contribution in [2.75, 3.05) is 7.11 Å². The van der Waals surface area contributed by atoms with Crippen LogP contribution in [0.25, 0.3) is 12.2 Å². The second kappa shape index (κ2) is 9.17. The topological polar surface area (TPSA) is 104 Å². The summed E-state index contributed by atoms with van der Waals surface area (Å²) in [7, 11) is 1.29. The van der Waals surface area contributed by atoms with Crippen molar-refractivity contribution >= 4 is 35.1 Å². The van der Waals surface area contributed by atoms with Gasteiger partial charge in [0.1, 0.15) is 0 Å². The number of nitrogens with zero attached hydrogens (tertiary/aromatic N) is 3. The molecule has 0 saturated carbocycles. The smallest absolute Gasteiger partial charge is 0.338 e. The molecule has 33 heavy (non-hydrogen) atoms. The van der Waals surface area contributed by atoms with Crippen LogP contribution in [-0.4, -0.2) is 22.6 Å². The molecule has 3 aromatic rings. The molecule has 1 aliphatic rings. The summed E-state index contributed by atoms with van der Waals surface area (Å²) < 4.78 is 6.76. The van der Waals surface area contributed by atoms with Crippen LogP contribution in [0.2, 0.25) is 0 Å². The Bertz CT molecular complexity index is 1480. The quantitative estimate of drug-likeness (QED) is 0.330. The van der Waals surface area contributed by atoms with E-state index < -0.39 is 16.9 Å². The highest BCUT2D eigenvalue weighted by Gasteiger charge is 2.30. The van der Waals surface area contributed by atoms with Gasteiger partial charge in [0.25, 0.3) is 11.2 Å². The van der Waals surface area contributed by atoms with Gasteiger partial charge in [-0.1, -0.05) is 66.0 Å². The summed E-state index contributed by atoms with van der Waals surface area (Å²) in [5, 5.41) is 11.1. The molecule has 0 radical (unpaired) electrons. The zero-order chi connectivity index (χ0) is 23.5. The molecule has 1 unspecified atom stereocenters. The van der Waals surface area contributed by atoms with E-state index in [1.54, 1.807) is 31.2 Å². The summed E-state index contributed by atoms with van der Waals surface area (Å²) in [6, 6.07) is 14.8. The van der Waals surface area contributed by atoms with Gasteiger partial charge in [-0.2, -0.15) is 0 Å². The van der Waals surface area contributed by atoms with E-state index >= 15 is 0 Å². The fourth-order valence-corrected chi connectivity index (χ4v) is 4.62. The Hall–Kier alpha value is -4.11. The third-order valence-corrected chi connectivity index (χ3v) is 6.10. The first-order valence-electron chi connectivity index (χ1n) is 9.97. The van der Waals surface area contributed by atoms with Crippen LogP contribution in [0.15, 0.2) is 81.7 Å². The number of aromatic nitrogens is 1. The monoisotopic (exact) mass is 461 g/mol. The number of hydrogen-bond acceptors (Lipinski definition) is 7. The molecule has 0 N–H and O–H groups in total. The van der Waals surface area contributed by atoms with Gasteiger partial charge in [-0.25, -0.2) is 9.79 Å². The number of non-ortho nitro benzene ring substituents is 1. The third kappa shape index (κ3) is 4.44. The molecule has 0 spiro atoms. The SMILES string of the molecule is COC(=O)C1=C(C)N=c2s/c(=C\c3cccc([N+](=O)[O-])c3)c(=O)n2C1/C=C/c1ccccc1. The maximum atomic E-state index is 13.4. The molecule has 0 saturated heterocycles. The Kier molecular flexibility index (Phi) is 6.14. The number of hydrogen-bond donors (Lipinski definition) is 0. The number of nitro benzene ring substituents is 1. The van der Waals surface area contributed by atoms with Crippen molar-refractivity contribution in [3.63, 3.8) is 0 Å². The highest BCUT2D eigenvalue weighted by molar-refractivity contribution is 7.07. The van der Waals surface area contributed by atoms with Gasteiger partial charge in [-0.3, -0.25) is 19.5 Å².